The number of hydrogen-bond donors (Lipinski definition) is 1. The second-order valence-corrected chi connectivity index (χ2v) is 4.03. The van der Waals surface area contributed by atoms with Crippen LogP contribution in [0.2, 0.25) is 0 Å². The van der Waals surface area contributed by atoms with Crippen molar-refractivity contribution in [1.29, 1.82) is 0 Å². The molecular formula is C9H12FNS. The second kappa shape index (κ2) is 4.38. The summed E-state index contributed by atoms with van der Waals surface area (Å²) in [5, 5.41) is 0. The van der Waals surface area contributed by atoms with E-state index >= 15 is 0 Å². The number of nitrogens with two attached hydrogens (primary N) is 1. The summed E-state index contributed by atoms with van der Waals surface area (Å²) in [6, 6.07) is 4.05. The smallest absolute Gasteiger partial charge is 0.0875 e. The van der Waals surface area contributed by atoms with Gasteiger partial charge in [-0.2, -0.15) is 0 Å². The molecule has 0 aromatic carbocycles. The van der Waals surface area contributed by atoms with Gasteiger partial charge in [0.05, 0.1) is 6.33 Å². The number of thiophene rings is 1. The summed E-state index contributed by atoms with van der Waals surface area (Å²) in [7, 11) is 0. The zero-order valence-electron chi connectivity index (χ0n) is 7.01. The van der Waals surface area contributed by atoms with Crippen LogP contribution in [-0.2, 0) is 6.42 Å². The zero-order chi connectivity index (χ0) is 8.97. The van der Waals surface area contributed by atoms with Crippen molar-refractivity contribution >= 4 is 11.3 Å². The van der Waals surface area contributed by atoms with Gasteiger partial charge in [0.15, 0.2) is 0 Å². The van der Waals surface area contributed by atoms with Gasteiger partial charge in [0.2, 0.25) is 0 Å². The minimum atomic E-state index is 0.299. The molecule has 0 aliphatic carbocycles. The molecule has 66 valence electrons. The Kier molecular flexibility index (Phi) is 3.44. The summed E-state index contributed by atoms with van der Waals surface area (Å²) in [5.74, 6) is 0. The Balaban J connectivity index is 2.63. The SMILES string of the molecule is Cc1ccc(C/C(=C\F)CN)s1. The van der Waals surface area contributed by atoms with Crippen molar-refractivity contribution in [3.05, 3.63) is 33.8 Å². The van der Waals surface area contributed by atoms with Crippen LogP contribution in [0.3, 0.4) is 0 Å². The Hall–Kier alpha value is -0.670. The molecular weight excluding hydrogens is 173 g/mol. The summed E-state index contributed by atoms with van der Waals surface area (Å²) in [5.41, 5.74) is 5.98. The van der Waals surface area contributed by atoms with Gasteiger partial charge in [-0.15, -0.1) is 11.3 Å². The monoisotopic (exact) mass is 185 g/mol. The third-order valence-corrected chi connectivity index (χ3v) is 2.61. The van der Waals surface area contributed by atoms with Crippen molar-refractivity contribution in [2.24, 2.45) is 5.73 Å². The second-order valence-electron chi connectivity index (χ2n) is 2.66. The van der Waals surface area contributed by atoms with Gasteiger partial charge in [-0.25, -0.2) is 4.39 Å². The van der Waals surface area contributed by atoms with Crippen LogP contribution < -0.4 is 5.73 Å². The topological polar surface area (TPSA) is 26.0 Å². The van der Waals surface area contributed by atoms with Crippen molar-refractivity contribution in [2.75, 3.05) is 6.54 Å². The van der Waals surface area contributed by atoms with Gasteiger partial charge in [0.1, 0.15) is 0 Å². The van der Waals surface area contributed by atoms with Crippen LogP contribution in [0.4, 0.5) is 4.39 Å². The van der Waals surface area contributed by atoms with E-state index < -0.39 is 0 Å². The van der Waals surface area contributed by atoms with Crippen molar-refractivity contribution in [3.8, 4) is 0 Å². The predicted octanol–water partition coefficient (Wildman–Crippen LogP) is 2.41. The lowest BCUT2D eigenvalue weighted by atomic mass is 10.2. The van der Waals surface area contributed by atoms with Crippen molar-refractivity contribution in [1.82, 2.24) is 0 Å². The Labute approximate surface area is 75.7 Å². The minimum absolute atomic E-state index is 0.299. The van der Waals surface area contributed by atoms with Crippen LogP contribution in [0.5, 0.6) is 0 Å². The molecule has 0 radical (unpaired) electrons. The minimum Gasteiger partial charge on any atom is -0.327 e. The lowest BCUT2D eigenvalue weighted by Gasteiger charge is -1.98. The number of rotatable bonds is 3. The van der Waals surface area contributed by atoms with Gasteiger partial charge in [-0.1, -0.05) is 0 Å². The summed E-state index contributed by atoms with van der Waals surface area (Å²) >= 11 is 1.68. The summed E-state index contributed by atoms with van der Waals surface area (Å²) in [6.07, 6.45) is 1.25. The fourth-order valence-electron chi connectivity index (χ4n) is 0.959. The molecule has 0 saturated carbocycles. The van der Waals surface area contributed by atoms with E-state index in [2.05, 4.69) is 0 Å². The van der Waals surface area contributed by atoms with Gasteiger partial charge in [-0.3, -0.25) is 0 Å². The van der Waals surface area contributed by atoms with E-state index in [0.29, 0.717) is 24.9 Å². The highest BCUT2D eigenvalue weighted by atomic mass is 32.1. The molecule has 0 saturated heterocycles. The first-order chi connectivity index (χ1) is 5.76. The Morgan fingerprint density at radius 3 is 2.83 bits per heavy atom. The molecule has 2 N–H and O–H groups in total. The maximum Gasteiger partial charge on any atom is 0.0875 e. The molecule has 0 unspecified atom stereocenters. The predicted molar refractivity (Wildman–Crippen MR) is 51.0 cm³/mol. The Bertz CT molecular complexity index is 278. The van der Waals surface area contributed by atoms with Gasteiger partial charge >= 0.3 is 0 Å². The van der Waals surface area contributed by atoms with E-state index in [1.54, 1.807) is 11.3 Å². The zero-order valence-corrected chi connectivity index (χ0v) is 7.83. The lowest BCUT2D eigenvalue weighted by molar-refractivity contribution is 0.700. The van der Waals surface area contributed by atoms with E-state index in [9.17, 15) is 4.39 Å². The van der Waals surface area contributed by atoms with E-state index in [4.69, 9.17) is 5.73 Å². The van der Waals surface area contributed by atoms with Crippen molar-refractivity contribution in [3.63, 3.8) is 0 Å². The van der Waals surface area contributed by atoms with Crippen LogP contribution in [0.25, 0.3) is 0 Å². The van der Waals surface area contributed by atoms with Gasteiger partial charge < -0.3 is 5.73 Å². The van der Waals surface area contributed by atoms with E-state index in [1.807, 2.05) is 19.1 Å². The lowest BCUT2D eigenvalue weighted by Crippen LogP contribution is -2.04. The number of halogens is 1. The van der Waals surface area contributed by atoms with Crippen LogP contribution >= 0.6 is 11.3 Å². The van der Waals surface area contributed by atoms with Gasteiger partial charge in [0, 0.05) is 22.7 Å². The van der Waals surface area contributed by atoms with E-state index in [1.165, 1.54) is 9.75 Å². The van der Waals surface area contributed by atoms with E-state index in [0.717, 1.165) is 0 Å². The molecule has 0 bridgehead atoms. The summed E-state index contributed by atoms with van der Waals surface area (Å²) in [4.78, 5) is 2.42. The highest BCUT2D eigenvalue weighted by Crippen LogP contribution is 2.18. The molecule has 0 aliphatic heterocycles. The molecule has 0 atom stereocenters. The molecule has 1 aromatic heterocycles. The number of hydrogen-bond acceptors (Lipinski definition) is 2. The molecule has 0 amide bonds. The molecule has 1 aromatic rings. The Morgan fingerprint density at radius 1 is 1.67 bits per heavy atom. The summed E-state index contributed by atoms with van der Waals surface area (Å²) < 4.78 is 12.1. The molecule has 0 fully saturated rings. The van der Waals surface area contributed by atoms with Crippen LogP contribution in [0.15, 0.2) is 24.0 Å². The molecule has 3 heteroatoms. The number of aryl methyl sites for hydroxylation is 1. The highest BCUT2D eigenvalue weighted by Gasteiger charge is 2.00. The standard InChI is InChI=1S/C9H12FNS/c1-7-2-3-9(12-7)4-8(5-10)6-11/h2-3,5H,4,6,11H2,1H3/b8-5+. The maximum absolute atomic E-state index is 12.1. The van der Waals surface area contributed by atoms with Crippen LogP contribution in [-0.4, -0.2) is 6.54 Å². The average Bonchev–Trinajstić information content (AvgIpc) is 2.47. The maximum atomic E-state index is 12.1. The largest absolute Gasteiger partial charge is 0.327 e. The van der Waals surface area contributed by atoms with Crippen molar-refractivity contribution in [2.45, 2.75) is 13.3 Å². The first kappa shape index (κ1) is 9.42. The van der Waals surface area contributed by atoms with Gasteiger partial charge in [-0.05, 0) is 24.6 Å². The Morgan fingerprint density at radius 2 is 2.42 bits per heavy atom. The molecule has 0 spiro atoms. The van der Waals surface area contributed by atoms with Crippen LogP contribution in [0.1, 0.15) is 9.75 Å². The van der Waals surface area contributed by atoms with Gasteiger partial charge in [0.25, 0.3) is 0 Å². The molecule has 1 heterocycles. The van der Waals surface area contributed by atoms with Crippen LogP contribution in [0, 0.1) is 6.92 Å². The third-order valence-electron chi connectivity index (χ3n) is 1.61. The highest BCUT2D eigenvalue weighted by molar-refractivity contribution is 7.11. The summed E-state index contributed by atoms with van der Waals surface area (Å²) in [6.45, 7) is 2.34. The third kappa shape index (κ3) is 2.43. The van der Waals surface area contributed by atoms with Crippen molar-refractivity contribution < 1.29 is 4.39 Å². The van der Waals surface area contributed by atoms with E-state index in [-0.39, 0.29) is 0 Å². The molecule has 1 rings (SSSR count). The first-order valence-electron chi connectivity index (χ1n) is 3.79. The fourth-order valence-corrected chi connectivity index (χ4v) is 1.90. The first-order valence-corrected chi connectivity index (χ1v) is 4.61. The molecule has 1 nitrogen and oxygen atoms in total. The fraction of sp³-hybridized carbons (Fsp3) is 0.333. The quantitative estimate of drug-likeness (QED) is 0.769. The molecule has 0 aliphatic rings. The average molecular weight is 185 g/mol. The molecule has 12 heavy (non-hydrogen) atoms. The normalized spacial score (nSPS) is 12.1.